The summed E-state index contributed by atoms with van der Waals surface area (Å²) >= 11 is 0. The van der Waals surface area contributed by atoms with Crippen LogP contribution in [-0.2, 0) is 11.3 Å². The second-order valence-corrected chi connectivity index (χ2v) is 4.91. The van der Waals surface area contributed by atoms with Gasteiger partial charge in [0.25, 0.3) is 0 Å². The Bertz CT molecular complexity index is 352. The van der Waals surface area contributed by atoms with Crippen LogP contribution in [0.15, 0.2) is 12.4 Å². The summed E-state index contributed by atoms with van der Waals surface area (Å²) in [4.78, 5) is 8.39. The lowest BCUT2D eigenvalue weighted by atomic mass is 10.3. The van der Waals surface area contributed by atoms with Gasteiger partial charge in [-0.3, -0.25) is 9.97 Å². The number of aliphatic hydroxyl groups is 1. The summed E-state index contributed by atoms with van der Waals surface area (Å²) in [6.45, 7) is 4.24. The van der Waals surface area contributed by atoms with Gasteiger partial charge < -0.3 is 15.2 Å². The maximum Gasteiger partial charge on any atom is 0.0897 e. The molecule has 1 atom stereocenters. The molecule has 1 fully saturated rings. The number of nitrogens with zero attached hydrogens (tertiary/aromatic N) is 2. The van der Waals surface area contributed by atoms with Crippen LogP contribution in [0.3, 0.4) is 0 Å². The van der Waals surface area contributed by atoms with Gasteiger partial charge in [-0.15, -0.1) is 0 Å². The lowest BCUT2D eigenvalue weighted by molar-refractivity contribution is 0.0324. The number of aromatic nitrogens is 2. The number of aryl methyl sites for hydroxylation is 1. The highest BCUT2D eigenvalue weighted by Crippen LogP contribution is 2.28. The maximum atomic E-state index is 9.68. The predicted octanol–water partition coefficient (Wildman–Crippen LogP) is 0.662. The number of aliphatic hydroxyl groups excluding tert-OH is 1. The zero-order chi connectivity index (χ0) is 12.8. The van der Waals surface area contributed by atoms with Crippen molar-refractivity contribution in [3.8, 4) is 0 Å². The Morgan fingerprint density at radius 3 is 2.94 bits per heavy atom. The van der Waals surface area contributed by atoms with Gasteiger partial charge in [-0.1, -0.05) is 0 Å². The Balaban J connectivity index is 1.54. The van der Waals surface area contributed by atoms with E-state index in [0.717, 1.165) is 23.9 Å². The molecule has 1 aromatic rings. The van der Waals surface area contributed by atoms with E-state index in [2.05, 4.69) is 15.3 Å². The Morgan fingerprint density at radius 2 is 2.28 bits per heavy atom. The van der Waals surface area contributed by atoms with E-state index in [9.17, 15) is 5.11 Å². The van der Waals surface area contributed by atoms with Crippen LogP contribution in [0.25, 0.3) is 0 Å². The van der Waals surface area contributed by atoms with Crippen molar-refractivity contribution in [1.82, 2.24) is 15.3 Å². The molecular weight excluding hydrogens is 230 g/mol. The number of ether oxygens (including phenoxy) is 1. The van der Waals surface area contributed by atoms with Crippen LogP contribution in [0.1, 0.15) is 24.2 Å². The third kappa shape index (κ3) is 5.08. The molecule has 0 aromatic carbocycles. The largest absolute Gasteiger partial charge is 0.389 e. The average Bonchev–Trinajstić information content (AvgIpc) is 3.16. The van der Waals surface area contributed by atoms with Crippen molar-refractivity contribution in [3.63, 3.8) is 0 Å². The molecule has 1 aliphatic rings. The predicted molar refractivity (Wildman–Crippen MR) is 68.0 cm³/mol. The topological polar surface area (TPSA) is 67.3 Å². The lowest BCUT2D eigenvalue weighted by Crippen LogP contribution is -2.30. The SMILES string of the molecule is Cc1cnc(CNCC(O)COCC2CC2)cn1. The minimum atomic E-state index is -0.456. The van der Waals surface area contributed by atoms with Crippen molar-refractivity contribution in [3.05, 3.63) is 23.8 Å². The van der Waals surface area contributed by atoms with Crippen molar-refractivity contribution in [1.29, 1.82) is 0 Å². The van der Waals surface area contributed by atoms with Gasteiger partial charge in [-0.25, -0.2) is 0 Å². The van der Waals surface area contributed by atoms with E-state index >= 15 is 0 Å². The molecule has 0 spiro atoms. The minimum Gasteiger partial charge on any atom is -0.389 e. The molecule has 18 heavy (non-hydrogen) atoms. The summed E-state index contributed by atoms with van der Waals surface area (Å²) in [6, 6.07) is 0. The zero-order valence-corrected chi connectivity index (χ0v) is 10.8. The van der Waals surface area contributed by atoms with Crippen LogP contribution >= 0.6 is 0 Å². The average molecular weight is 251 g/mol. The highest BCUT2D eigenvalue weighted by molar-refractivity contribution is 5.00. The van der Waals surface area contributed by atoms with E-state index in [4.69, 9.17) is 4.74 Å². The molecule has 5 nitrogen and oxygen atoms in total. The molecule has 2 N–H and O–H groups in total. The van der Waals surface area contributed by atoms with E-state index in [1.807, 2.05) is 6.92 Å². The minimum absolute atomic E-state index is 0.406. The summed E-state index contributed by atoms with van der Waals surface area (Å²) in [5.41, 5.74) is 1.79. The van der Waals surface area contributed by atoms with E-state index in [-0.39, 0.29) is 0 Å². The van der Waals surface area contributed by atoms with Gasteiger partial charge in [0.1, 0.15) is 0 Å². The first-order valence-electron chi connectivity index (χ1n) is 6.48. The molecule has 1 aliphatic carbocycles. The molecule has 5 heteroatoms. The molecule has 1 aromatic heterocycles. The molecule has 1 unspecified atom stereocenters. The molecule has 100 valence electrons. The third-order valence-corrected chi connectivity index (χ3v) is 2.88. The van der Waals surface area contributed by atoms with Gasteiger partial charge in [0.05, 0.1) is 24.1 Å². The molecule has 1 heterocycles. The zero-order valence-electron chi connectivity index (χ0n) is 10.8. The van der Waals surface area contributed by atoms with Crippen molar-refractivity contribution >= 4 is 0 Å². The summed E-state index contributed by atoms with van der Waals surface area (Å²) in [7, 11) is 0. The van der Waals surface area contributed by atoms with Crippen molar-refractivity contribution in [2.24, 2.45) is 5.92 Å². The first kappa shape index (κ1) is 13.4. The smallest absolute Gasteiger partial charge is 0.0897 e. The summed E-state index contributed by atoms with van der Waals surface area (Å²) < 4.78 is 5.42. The van der Waals surface area contributed by atoms with Crippen molar-refractivity contribution in [2.45, 2.75) is 32.4 Å². The number of hydrogen-bond acceptors (Lipinski definition) is 5. The second kappa shape index (κ2) is 6.78. The van der Waals surface area contributed by atoms with Crippen LogP contribution in [0.4, 0.5) is 0 Å². The summed E-state index contributed by atoms with van der Waals surface area (Å²) in [5, 5.41) is 12.8. The van der Waals surface area contributed by atoms with E-state index in [1.54, 1.807) is 12.4 Å². The first-order chi connectivity index (χ1) is 8.74. The lowest BCUT2D eigenvalue weighted by Gasteiger charge is -2.12. The fourth-order valence-corrected chi connectivity index (χ4v) is 1.59. The van der Waals surface area contributed by atoms with Crippen molar-refractivity contribution < 1.29 is 9.84 Å². The molecule has 0 saturated heterocycles. The van der Waals surface area contributed by atoms with E-state index in [0.29, 0.717) is 19.7 Å². The first-order valence-corrected chi connectivity index (χ1v) is 6.48. The highest BCUT2D eigenvalue weighted by atomic mass is 16.5. The standard InChI is InChI=1S/C13H21N3O2/c1-10-4-16-12(6-15-10)5-14-7-13(17)9-18-8-11-2-3-11/h4,6,11,13-14,17H,2-3,5,7-9H2,1H3. The molecular formula is C13H21N3O2. The Morgan fingerprint density at radius 1 is 1.44 bits per heavy atom. The monoisotopic (exact) mass is 251 g/mol. The highest BCUT2D eigenvalue weighted by Gasteiger charge is 2.21. The quantitative estimate of drug-likeness (QED) is 0.710. The van der Waals surface area contributed by atoms with Crippen LogP contribution in [-0.4, -0.2) is 40.9 Å². The van der Waals surface area contributed by atoms with Gasteiger partial charge in [0.2, 0.25) is 0 Å². The molecule has 0 bridgehead atoms. The Kier molecular flexibility index (Phi) is 5.04. The Labute approximate surface area is 108 Å². The van der Waals surface area contributed by atoms with Gasteiger partial charge in [-0.05, 0) is 25.7 Å². The van der Waals surface area contributed by atoms with Crippen LogP contribution in [0.2, 0.25) is 0 Å². The normalized spacial score (nSPS) is 16.8. The molecule has 1 saturated carbocycles. The van der Waals surface area contributed by atoms with Gasteiger partial charge in [-0.2, -0.15) is 0 Å². The van der Waals surface area contributed by atoms with Crippen molar-refractivity contribution in [2.75, 3.05) is 19.8 Å². The third-order valence-electron chi connectivity index (χ3n) is 2.88. The second-order valence-electron chi connectivity index (χ2n) is 4.91. The van der Waals surface area contributed by atoms with Gasteiger partial charge >= 0.3 is 0 Å². The van der Waals surface area contributed by atoms with Crippen LogP contribution in [0.5, 0.6) is 0 Å². The van der Waals surface area contributed by atoms with E-state index < -0.39 is 6.10 Å². The summed E-state index contributed by atoms with van der Waals surface area (Å²) in [6.07, 6.45) is 5.59. The molecule has 0 radical (unpaired) electrons. The number of rotatable bonds is 8. The van der Waals surface area contributed by atoms with Gasteiger partial charge in [0, 0.05) is 32.1 Å². The number of nitrogens with one attached hydrogen (secondary N) is 1. The maximum absolute atomic E-state index is 9.68. The number of hydrogen-bond donors (Lipinski definition) is 2. The fourth-order valence-electron chi connectivity index (χ4n) is 1.59. The van der Waals surface area contributed by atoms with E-state index in [1.165, 1.54) is 12.8 Å². The molecule has 2 rings (SSSR count). The van der Waals surface area contributed by atoms with Gasteiger partial charge in [0.15, 0.2) is 0 Å². The summed E-state index contributed by atoms with van der Waals surface area (Å²) in [5.74, 6) is 0.744. The Hall–Kier alpha value is -1.04. The molecule has 0 aliphatic heterocycles. The van der Waals surface area contributed by atoms with Crippen LogP contribution in [0, 0.1) is 12.8 Å². The molecule has 0 amide bonds. The van der Waals surface area contributed by atoms with Crippen LogP contribution < -0.4 is 5.32 Å². The fraction of sp³-hybridized carbons (Fsp3) is 0.692.